The number of β-amino-alcohol motifs (C(OH)–C–C–N with tert-alkyl or cyclic N) is 1. The standard InChI is InChI=1S/C14H20ClNO2/c1-18-11-6-8-16(9-7-11)10-14(17)12-4-2-3-5-13(12)15/h2-5,11,14,17H,6-10H2,1H3. The average molecular weight is 270 g/mol. The van der Waals surface area contributed by atoms with Crippen molar-refractivity contribution in [2.75, 3.05) is 26.7 Å². The Balaban J connectivity index is 1.89. The largest absolute Gasteiger partial charge is 0.387 e. The quantitative estimate of drug-likeness (QED) is 0.912. The highest BCUT2D eigenvalue weighted by Crippen LogP contribution is 2.24. The molecule has 1 atom stereocenters. The van der Waals surface area contributed by atoms with E-state index in [0.717, 1.165) is 31.5 Å². The van der Waals surface area contributed by atoms with E-state index >= 15 is 0 Å². The molecule has 0 saturated carbocycles. The minimum Gasteiger partial charge on any atom is -0.387 e. The predicted octanol–water partition coefficient (Wildman–Crippen LogP) is 2.48. The SMILES string of the molecule is COC1CCN(CC(O)c2ccccc2Cl)CC1. The Morgan fingerprint density at radius 3 is 2.67 bits per heavy atom. The molecule has 1 heterocycles. The normalized spacial score (nSPS) is 19.9. The van der Waals surface area contributed by atoms with Gasteiger partial charge in [-0.05, 0) is 18.9 Å². The van der Waals surface area contributed by atoms with Crippen LogP contribution in [0.25, 0.3) is 0 Å². The van der Waals surface area contributed by atoms with Crippen LogP contribution < -0.4 is 0 Å². The fourth-order valence-corrected chi connectivity index (χ4v) is 2.68. The second-order valence-electron chi connectivity index (χ2n) is 4.77. The Morgan fingerprint density at radius 2 is 2.06 bits per heavy atom. The van der Waals surface area contributed by atoms with Gasteiger partial charge in [-0.3, -0.25) is 0 Å². The number of aliphatic hydroxyl groups is 1. The zero-order chi connectivity index (χ0) is 13.0. The molecule has 1 aromatic rings. The molecule has 0 aromatic heterocycles. The molecule has 18 heavy (non-hydrogen) atoms. The minimum absolute atomic E-state index is 0.374. The van der Waals surface area contributed by atoms with Crippen molar-refractivity contribution in [1.82, 2.24) is 4.90 Å². The van der Waals surface area contributed by atoms with Gasteiger partial charge in [0.05, 0.1) is 12.2 Å². The summed E-state index contributed by atoms with van der Waals surface area (Å²) in [5, 5.41) is 10.9. The third-order valence-electron chi connectivity index (χ3n) is 3.56. The van der Waals surface area contributed by atoms with Crippen LogP contribution in [0.3, 0.4) is 0 Å². The summed E-state index contributed by atoms with van der Waals surface area (Å²) in [4.78, 5) is 2.27. The van der Waals surface area contributed by atoms with Gasteiger partial charge in [-0.1, -0.05) is 29.8 Å². The van der Waals surface area contributed by atoms with E-state index in [0.29, 0.717) is 17.7 Å². The van der Waals surface area contributed by atoms with E-state index in [1.165, 1.54) is 0 Å². The number of hydrogen-bond acceptors (Lipinski definition) is 3. The third-order valence-corrected chi connectivity index (χ3v) is 3.91. The number of hydrogen-bond donors (Lipinski definition) is 1. The molecular formula is C14H20ClNO2. The molecule has 4 heteroatoms. The number of halogens is 1. The predicted molar refractivity (Wildman–Crippen MR) is 72.9 cm³/mol. The highest BCUT2D eigenvalue weighted by Gasteiger charge is 2.21. The van der Waals surface area contributed by atoms with Crippen LogP contribution in [0, 0.1) is 0 Å². The molecule has 0 aliphatic carbocycles. The minimum atomic E-state index is -0.516. The van der Waals surface area contributed by atoms with Gasteiger partial charge in [0.25, 0.3) is 0 Å². The van der Waals surface area contributed by atoms with Crippen molar-refractivity contribution >= 4 is 11.6 Å². The number of piperidine rings is 1. The molecule has 1 aromatic carbocycles. The van der Waals surface area contributed by atoms with Gasteiger partial charge in [-0.15, -0.1) is 0 Å². The molecule has 0 amide bonds. The molecule has 100 valence electrons. The molecule has 0 spiro atoms. The van der Waals surface area contributed by atoms with Crippen LogP contribution in [-0.2, 0) is 4.74 Å². The Hall–Kier alpha value is -0.610. The van der Waals surface area contributed by atoms with Crippen LogP contribution in [0.15, 0.2) is 24.3 Å². The second kappa shape index (κ2) is 6.53. The maximum absolute atomic E-state index is 10.2. The molecule has 1 N–H and O–H groups in total. The number of benzene rings is 1. The van der Waals surface area contributed by atoms with Crippen LogP contribution >= 0.6 is 11.6 Å². The van der Waals surface area contributed by atoms with Crippen molar-refractivity contribution in [3.63, 3.8) is 0 Å². The van der Waals surface area contributed by atoms with Gasteiger partial charge in [0, 0.05) is 37.3 Å². The van der Waals surface area contributed by atoms with Crippen LogP contribution in [0.2, 0.25) is 5.02 Å². The number of nitrogens with zero attached hydrogens (tertiary/aromatic N) is 1. The van der Waals surface area contributed by atoms with E-state index in [9.17, 15) is 5.11 Å². The van der Waals surface area contributed by atoms with Crippen LogP contribution in [0.1, 0.15) is 24.5 Å². The first kappa shape index (κ1) is 13.8. The first-order valence-corrected chi connectivity index (χ1v) is 6.76. The number of methoxy groups -OCH3 is 1. The number of aliphatic hydroxyl groups excluding tert-OH is 1. The summed E-state index contributed by atoms with van der Waals surface area (Å²) in [6.45, 7) is 2.58. The van der Waals surface area contributed by atoms with E-state index in [2.05, 4.69) is 4.90 Å². The zero-order valence-electron chi connectivity index (χ0n) is 10.7. The van der Waals surface area contributed by atoms with Gasteiger partial charge in [-0.2, -0.15) is 0 Å². The fourth-order valence-electron chi connectivity index (χ4n) is 2.42. The van der Waals surface area contributed by atoms with Crippen LogP contribution in [-0.4, -0.2) is 42.9 Å². The third kappa shape index (κ3) is 3.45. The summed E-state index contributed by atoms with van der Waals surface area (Å²) in [5.74, 6) is 0. The topological polar surface area (TPSA) is 32.7 Å². The van der Waals surface area contributed by atoms with Crippen molar-refractivity contribution < 1.29 is 9.84 Å². The Bertz CT molecular complexity index is 378. The van der Waals surface area contributed by atoms with Crippen molar-refractivity contribution in [2.24, 2.45) is 0 Å². The Kier molecular flexibility index (Phi) is 5.01. The lowest BCUT2D eigenvalue weighted by atomic mass is 10.1. The molecule has 1 fully saturated rings. The van der Waals surface area contributed by atoms with Crippen molar-refractivity contribution in [2.45, 2.75) is 25.0 Å². The number of rotatable bonds is 4. The number of likely N-dealkylation sites (tertiary alicyclic amines) is 1. The summed E-state index contributed by atoms with van der Waals surface area (Å²) in [6.07, 6.45) is 1.92. The summed E-state index contributed by atoms with van der Waals surface area (Å²) >= 11 is 6.08. The van der Waals surface area contributed by atoms with Gasteiger partial charge in [-0.25, -0.2) is 0 Å². The van der Waals surface area contributed by atoms with Gasteiger partial charge >= 0.3 is 0 Å². The molecule has 1 saturated heterocycles. The molecule has 1 aliphatic heterocycles. The first-order valence-electron chi connectivity index (χ1n) is 6.38. The van der Waals surface area contributed by atoms with Crippen molar-refractivity contribution in [3.8, 4) is 0 Å². The summed E-state index contributed by atoms with van der Waals surface area (Å²) in [6, 6.07) is 7.48. The Labute approximate surface area is 113 Å². The van der Waals surface area contributed by atoms with Crippen molar-refractivity contribution in [1.29, 1.82) is 0 Å². The van der Waals surface area contributed by atoms with Crippen molar-refractivity contribution in [3.05, 3.63) is 34.9 Å². The summed E-state index contributed by atoms with van der Waals surface area (Å²) in [5.41, 5.74) is 0.813. The van der Waals surface area contributed by atoms with E-state index in [-0.39, 0.29) is 0 Å². The molecule has 1 aliphatic rings. The van der Waals surface area contributed by atoms with Crippen LogP contribution in [0.4, 0.5) is 0 Å². The van der Waals surface area contributed by atoms with E-state index in [1.807, 2.05) is 24.3 Å². The monoisotopic (exact) mass is 269 g/mol. The van der Waals surface area contributed by atoms with E-state index < -0.39 is 6.10 Å². The van der Waals surface area contributed by atoms with Gasteiger partial charge in [0.1, 0.15) is 0 Å². The fraction of sp³-hybridized carbons (Fsp3) is 0.571. The first-order chi connectivity index (χ1) is 8.70. The van der Waals surface area contributed by atoms with E-state index in [4.69, 9.17) is 16.3 Å². The smallest absolute Gasteiger partial charge is 0.0931 e. The highest BCUT2D eigenvalue weighted by molar-refractivity contribution is 6.31. The van der Waals surface area contributed by atoms with Gasteiger partial charge < -0.3 is 14.7 Å². The molecule has 2 rings (SSSR count). The lowest BCUT2D eigenvalue weighted by Gasteiger charge is -2.32. The lowest BCUT2D eigenvalue weighted by Crippen LogP contribution is -2.38. The average Bonchev–Trinajstić information content (AvgIpc) is 2.40. The van der Waals surface area contributed by atoms with Gasteiger partial charge in [0.2, 0.25) is 0 Å². The molecule has 1 unspecified atom stereocenters. The number of ether oxygens (including phenoxy) is 1. The molecular weight excluding hydrogens is 250 g/mol. The summed E-state index contributed by atoms with van der Waals surface area (Å²) in [7, 11) is 1.76. The zero-order valence-corrected chi connectivity index (χ0v) is 11.4. The highest BCUT2D eigenvalue weighted by atomic mass is 35.5. The maximum Gasteiger partial charge on any atom is 0.0931 e. The molecule has 0 bridgehead atoms. The Morgan fingerprint density at radius 1 is 1.39 bits per heavy atom. The van der Waals surface area contributed by atoms with E-state index in [1.54, 1.807) is 7.11 Å². The lowest BCUT2D eigenvalue weighted by molar-refractivity contribution is 0.0242. The summed E-state index contributed by atoms with van der Waals surface area (Å²) < 4.78 is 5.34. The van der Waals surface area contributed by atoms with Gasteiger partial charge in [0.15, 0.2) is 0 Å². The molecule has 0 radical (unpaired) electrons. The van der Waals surface area contributed by atoms with Crippen LogP contribution in [0.5, 0.6) is 0 Å². The second-order valence-corrected chi connectivity index (χ2v) is 5.18. The maximum atomic E-state index is 10.2. The molecule has 3 nitrogen and oxygen atoms in total.